The Kier molecular flexibility index (Phi) is 7.64. The highest BCUT2D eigenvalue weighted by Crippen LogP contribution is 2.62. The molecule has 3 heterocycles. The van der Waals surface area contributed by atoms with Crippen molar-refractivity contribution in [2.24, 2.45) is 0 Å². The first kappa shape index (κ1) is 37.0. The van der Waals surface area contributed by atoms with Gasteiger partial charge < -0.3 is 13.9 Å². The molecule has 15 rings (SSSR count). The topological polar surface area (TPSA) is 21.3 Å². The fourth-order valence-electron chi connectivity index (χ4n) is 11.9. The summed E-state index contributed by atoms with van der Waals surface area (Å²) in [5.74, 6) is 0. The van der Waals surface area contributed by atoms with E-state index in [0.29, 0.717) is 0 Å². The van der Waals surface area contributed by atoms with E-state index >= 15 is 0 Å². The zero-order valence-electron chi connectivity index (χ0n) is 36.2. The lowest BCUT2D eigenvalue weighted by molar-refractivity contribution is 0.669. The molecule has 0 radical (unpaired) electrons. The number of fused-ring (bicyclic) bond motifs is 15. The minimum atomic E-state index is -0.590. The molecule has 312 valence electrons. The van der Waals surface area contributed by atoms with Crippen LogP contribution in [0.4, 0.5) is 17.1 Å². The van der Waals surface area contributed by atoms with Crippen LogP contribution < -0.4 is 4.90 Å². The highest BCUT2D eigenvalue weighted by atomic mass is 32.2. The molecule has 3 nitrogen and oxygen atoms in total. The van der Waals surface area contributed by atoms with Crippen molar-refractivity contribution in [3.8, 4) is 16.8 Å². The van der Waals surface area contributed by atoms with E-state index in [9.17, 15) is 0 Å². The molecule has 11 aromatic carbocycles. The molecule has 1 spiro atoms. The number of furan rings is 1. The Hall–Kier alpha value is -8.31. The molecule has 0 N–H and O–H groups in total. The molecular formula is C63H38N2OS. The zero-order valence-corrected chi connectivity index (χ0v) is 37.0. The Morgan fingerprint density at radius 3 is 1.96 bits per heavy atom. The second kappa shape index (κ2) is 13.9. The SMILES string of the molecule is c1ccc2c(c1)Sc1ccc(N(c3ccc4c(c3)c3ccccc3n4-c3cccc4ccccc34)c3cccc4oc5ccccc5c34)cc1C21c2ccccc2-c2cccc3cccc1c23. The Morgan fingerprint density at radius 1 is 0.388 bits per heavy atom. The molecule has 0 amide bonds. The predicted molar refractivity (Wildman–Crippen MR) is 279 cm³/mol. The third-order valence-electron chi connectivity index (χ3n) is 14.6. The van der Waals surface area contributed by atoms with Gasteiger partial charge >= 0.3 is 0 Å². The van der Waals surface area contributed by atoms with Crippen molar-refractivity contribution in [3.63, 3.8) is 0 Å². The van der Waals surface area contributed by atoms with E-state index in [1.807, 2.05) is 11.8 Å². The number of nitrogens with zero attached hydrogens (tertiary/aromatic N) is 2. The van der Waals surface area contributed by atoms with Crippen LogP contribution in [0.3, 0.4) is 0 Å². The van der Waals surface area contributed by atoms with E-state index in [1.54, 1.807) is 0 Å². The molecule has 2 aromatic heterocycles. The van der Waals surface area contributed by atoms with Gasteiger partial charge in [0.25, 0.3) is 0 Å². The molecule has 4 heteroatoms. The van der Waals surface area contributed by atoms with Gasteiger partial charge in [-0.25, -0.2) is 0 Å². The highest BCUT2D eigenvalue weighted by Gasteiger charge is 2.49. The minimum absolute atomic E-state index is 0.590. The van der Waals surface area contributed by atoms with Crippen LogP contribution in [0.2, 0.25) is 0 Å². The number of hydrogen-bond acceptors (Lipinski definition) is 3. The molecule has 13 aromatic rings. The van der Waals surface area contributed by atoms with Crippen LogP contribution in [-0.4, -0.2) is 4.57 Å². The van der Waals surface area contributed by atoms with Crippen molar-refractivity contribution >= 4 is 94.1 Å². The summed E-state index contributed by atoms with van der Waals surface area (Å²) in [6.45, 7) is 0. The molecule has 0 saturated carbocycles. The molecular weight excluding hydrogens is 833 g/mol. The van der Waals surface area contributed by atoms with Crippen LogP contribution in [0.15, 0.2) is 245 Å². The van der Waals surface area contributed by atoms with Gasteiger partial charge in [-0.3, -0.25) is 0 Å². The number of rotatable bonds is 4. The van der Waals surface area contributed by atoms with Crippen molar-refractivity contribution in [2.45, 2.75) is 15.2 Å². The first-order valence-electron chi connectivity index (χ1n) is 23.0. The molecule has 0 bridgehead atoms. The molecule has 1 atom stereocenters. The van der Waals surface area contributed by atoms with Crippen molar-refractivity contribution in [3.05, 3.63) is 253 Å². The van der Waals surface area contributed by atoms with E-state index in [0.717, 1.165) is 44.5 Å². The summed E-state index contributed by atoms with van der Waals surface area (Å²) in [6.07, 6.45) is 0. The quantitative estimate of drug-likeness (QED) is 0.176. The predicted octanol–water partition coefficient (Wildman–Crippen LogP) is 17.3. The Morgan fingerprint density at radius 2 is 1.01 bits per heavy atom. The molecule has 1 unspecified atom stereocenters. The summed E-state index contributed by atoms with van der Waals surface area (Å²) in [5.41, 5.74) is 15.7. The van der Waals surface area contributed by atoms with Crippen molar-refractivity contribution in [2.75, 3.05) is 4.90 Å². The highest BCUT2D eigenvalue weighted by molar-refractivity contribution is 7.99. The Balaban J connectivity index is 1.04. The van der Waals surface area contributed by atoms with Gasteiger partial charge in [-0.2, -0.15) is 0 Å². The van der Waals surface area contributed by atoms with Crippen molar-refractivity contribution < 1.29 is 4.42 Å². The van der Waals surface area contributed by atoms with Crippen LogP contribution in [0.1, 0.15) is 22.3 Å². The van der Waals surface area contributed by atoms with Gasteiger partial charge in [0.15, 0.2) is 0 Å². The van der Waals surface area contributed by atoms with E-state index in [1.165, 1.54) is 86.7 Å². The summed E-state index contributed by atoms with van der Waals surface area (Å²) >= 11 is 1.88. The molecule has 1 aliphatic carbocycles. The van der Waals surface area contributed by atoms with Gasteiger partial charge in [0.1, 0.15) is 11.2 Å². The molecule has 0 fully saturated rings. The smallest absolute Gasteiger partial charge is 0.137 e. The van der Waals surface area contributed by atoms with Crippen LogP contribution >= 0.6 is 11.8 Å². The average Bonchev–Trinajstić information content (AvgIpc) is 3.94. The summed E-state index contributed by atoms with van der Waals surface area (Å²) < 4.78 is 9.07. The van der Waals surface area contributed by atoms with Crippen LogP contribution in [-0.2, 0) is 5.41 Å². The van der Waals surface area contributed by atoms with Crippen molar-refractivity contribution in [1.82, 2.24) is 4.57 Å². The maximum Gasteiger partial charge on any atom is 0.137 e. The van der Waals surface area contributed by atoms with E-state index in [4.69, 9.17) is 4.42 Å². The largest absolute Gasteiger partial charge is 0.456 e. The first-order valence-corrected chi connectivity index (χ1v) is 23.8. The van der Waals surface area contributed by atoms with Gasteiger partial charge in [0, 0.05) is 42.7 Å². The second-order valence-electron chi connectivity index (χ2n) is 17.9. The van der Waals surface area contributed by atoms with E-state index in [2.05, 4.69) is 240 Å². The lowest BCUT2D eigenvalue weighted by Crippen LogP contribution is -2.36. The third-order valence-corrected chi connectivity index (χ3v) is 15.8. The molecule has 67 heavy (non-hydrogen) atoms. The number of hydrogen-bond donors (Lipinski definition) is 0. The van der Waals surface area contributed by atoms with Crippen LogP contribution in [0, 0.1) is 0 Å². The summed E-state index contributed by atoms with van der Waals surface area (Å²) in [4.78, 5) is 5.03. The lowest BCUT2D eigenvalue weighted by atomic mass is 9.59. The minimum Gasteiger partial charge on any atom is -0.456 e. The first-order chi connectivity index (χ1) is 33.2. The Bertz CT molecular complexity index is 4220. The second-order valence-corrected chi connectivity index (χ2v) is 19.0. The number of para-hydroxylation sites is 2. The summed E-state index contributed by atoms with van der Waals surface area (Å²) in [7, 11) is 0. The van der Waals surface area contributed by atoms with Gasteiger partial charge in [-0.1, -0.05) is 169 Å². The van der Waals surface area contributed by atoms with E-state index < -0.39 is 5.41 Å². The maximum absolute atomic E-state index is 6.62. The fraction of sp³-hybridized carbons (Fsp3) is 0.0159. The summed E-state index contributed by atoms with van der Waals surface area (Å²) in [6, 6.07) is 85.3. The lowest BCUT2D eigenvalue weighted by Gasteiger charge is -2.46. The monoisotopic (exact) mass is 870 g/mol. The van der Waals surface area contributed by atoms with Gasteiger partial charge in [-0.15, -0.1) is 0 Å². The number of benzene rings is 11. The van der Waals surface area contributed by atoms with Gasteiger partial charge in [-0.05, 0) is 122 Å². The zero-order chi connectivity index (χ0) is 43.8. The molecule has 2 aliphatic rings. The van der Waals surface area contributed by atoms with Gasteiger partial charge in [0.05, 0.1) is 33.2 Å². The normalized spacial score (nSPS) is 14.9. The average molecular weight is 871 g/mol. The Labute approximate surface area is 390 Å². The summed E-state index contributed by atoms with van der Waals surface area (Å²) in [5, 5.41) is 9.61. The third kappa shape index (κ3) is 5.03. The fourth-order valence-corrected chi connectivity index (χ4v) is 13.1. The van der Waals surface area contributed by atoms with Crippen molar-refractivity contribution in [1.29, 1.82) is 0 Å². The molecule has 0 saturated heterocycles. The van der Waals surface area contributed by atoms with Crippen LogP contribution in [0.25, 0.3) is 82.1 Å². The standard InChI is InChI=1S/C63H38N2OS/c1-2-19-43-39(15-1)16-13-28-53(43)65-54-27-8-4-21-45(54)48-37-41(33-35-55(48)65)64(56-29-14-31-58-62(56)47-22-5-9-30-57(47)66-58)42-34-36-60-52(38-42)63(50-25-7-10-32-59(50)67-60)49-24-6-3-20-44(49)46-23-11-17-40-18-12-26-51(63)61(40)46/h1-38H. The van der Waals surface area contributed by atoms with Gasteiger partial charge in [0.2, 0.25) is 0 Å². The molecule has 1 aliphatic heterocycles. The number of anilines is 3. The van der Waals surface area contributed by atoms with E-state index in [-0.39, 0.29) is 0 Å². The van der Waals surface area contributed by atoms with Crippen LogP contribution in [0.5, 0.6) is 0 Å². The maximum atomic E-state index is 6.62. The number of aromatic nitrogens is 1.